The summed E-state index contributed by atoms with van der Waals surface area (Å²) in [4.78, 5) is 11.8. The number of rotatable bonds is 4. The second kappa shape index (κ2) is 5.55. The van der Waals surface area contributed by atoms with Gasteiger partial charge in [0.05, 0.1) is 17.6 Å². The Kier molecular flexibility index (Phi) is 4.39. The molecule has 5 atom stereocenters. The van der Waals surface area contributed by atoms with Crippen LogP contribution in [0.5, 0.6) is 0 Å². The molecule has 0 radical (unpaired) electrons. The molecule has 19 heavy (non-hydrogen) atoms. The van der Waals surface area contributed by atoms with Gasteiger partial charge in [0.25, 0.3) is 0 Å². The molecule has 0 amide bonds. The largest absolute Gasteiger partial charge is 0.373 e. The van der Waals surface area contributed by atoms with Gasteiger partial charge in [0, 0.05) is 6.42 Å². The first-order valence-electron chi connectivity index (χ1n) is 8.07. The Hall–Kier alpha value is -0.370. The van der Waals surface area contributed by atoms with Crippen molar-refractivity contribution in [3.05, 3.63) is 0 Å². The van der Waals surface area contributed by atoms with E-state index in [0.29, 0.717) is 30.1 Å². The zero-order valence-electron chi connectivity index (χ0n) is 13.2. The molecular weight excluding hydrogens is 236 g/mol. The summed E-state index contributed by atoms with van der Waals surface area (Å²) in [7, 11) is 0. The molecule has 0 aromatic carbocycles. The molecule has 0 bridgehead atoms. The van der Waals surface area contributed by atoms with Crippen molar-refractivity contribution in [3.63, 3.8) is 0 Å². The second-order valence-electron chi connectivity index (χ2n) is 7.39. The minimum absolute atomic E-state index is 0.168. The summed E-state index contributed by atoms with van der Waals surface area (Å²) in [6, 6.07) is 0. The van der Waals surface area contributed by atoms with E-state index in [9.17, 15) is 4.79 Å². The Morgan fingerprint density at radius 3 is 2.58 bits per heavy atom. The molecular formula is C17H30O2. The van der Waals surface area contributed by atoms with Gasteiger partial charge >= 0.3 is 0 Å². The number of hydrogen-bond donors (Lipinski definition) is 0. The summed E-state index contributed by atoms with van der Waals surface area (Å²) in [6.45, 7) is 11.1. The molecule has 2 aliphatic rings. The van der Waals surface area contributed by atoms with Crippen LogP contribution in [0.4, 0.5) is 0 Å². The molecule has 2 heteroatoms. The predicted octanol–water partition coefficient (Wildman–Crippen LogP) is 4.22. The third kappa shape index (κ3) is 2.74. The van der Waals surface area contributed by atoms with Crippen LogP contribution in [0.25, 0.3) is 0 Å². The van der Waals surface area contributed by atoms with E-state index in [4.69, 9.17) is 4.74 Å². The van der Waals surface area contributed by atoms with E-state index in [0.717, 1.165) is 12.3 Å². The monoisotopic (exact) mass is 266 g/mol. The fraction of sp³-hybridized carbons (Fsp3) is 0.941. The summed E-state index contributed by atoms with van der Waals surface area (Å²) in [5.41, 5.74) is -0.206. The van der Waals surface area contributed by atoms with Gasteiger partial charge in [-0.2, -0.15) is 0 Å². The Morgan fingerprint density at radius 1 is 1.37 bits per heavy atom. The van der Waals surface area contributed by atoms with Crippen LogP contribution in [0.3, 0.4) is 0 Å². The van der Waals surface area contributed by atoms with Gasteiger partial charge in [0.1, 0.15) is 5.78 Å². The third-order valence-corrected chi connectivity index (χ3v) is 5.75. The molecule has 0 aromatic heterocycles. The highest BCUT2D eigenvalue weighted by Gasteiger charge is 2.52. The average Bonchev–Trinajstić information content (AvgIpc) is 2.37. The first-order chi connectivity index (χ1) is 8.88. The zero-order chi connectivity index (χ0) is 14.2. The molecule has 0 spiro atoms. The highest BCUT2D eigenvalue weighted by molar-refractivity contribution is 5.91. The summed E-state index contributed by atoms with van der Waals surface area (Å²) >= 11 is 0. The normalized spacial score (nSPS) is 43.4. The van der Waals surface area contributed by atoms with Gasteiger partial charge in [-0.25, -0.2) is 0 Å². The molecule has 2 saturated carbocycles. The topological polar surface area (TPSA) is 26.3 Å². The molecule has 2 nitrogen and oxygen atoms in total. The fourth-order valence-electron chi connectivity index (χ4n) is 3.78. The van der Waals surface area contributed by atoms with Gasteiger partial charge < -0.3 is 4.74 Å². The predicted molar refractivity (Wildman–Crippen MR) is 78.0 cm³/mol. The summed E-state index contributed by atoms with van der Waals surface area (Å²) in [6.07, 6.45) is 5.87. The molecule has 110 valence electrons. The zero-order valence-corrected chi connectivity index (χ0v) is 13.2. The standard InChI is InChI=1S/C17H30O2/c1-6-17(5)15(18)10-16(17)19-14-9-12(4)7-8-13(14)11(2)3/h11-14,16H,6-10H2,1-5H3. The number of Topliss-reactive ketones (excluding diaryl/α,β-unsaturated/α-hetero) is 1. The minimum atomic E-state index is -0.206. The lowest BCUT2D eigenvalue weighted by atomic mass is 9.64. The number of ketones is 1. The van der Waals surface area contributed by atoms with Crippen molar-refractivity contribution < 1.29 is 9.53 Å². The summed E-state index contributed by atoms with van der Waals surface area (Å²) in [5.74, 6) is 2.52. The van der Waals surface area contributed by atoms with Crippen molar-refractivity contribution in [3.8, 4) is 0 Å². The van der Waals surface area contributed by atoms with Crippen LogP contribution in [0.15, 0.2) is 0 Å². The Balaban J connectivity index is 2.02. The van der Waals surface area contributed by atoms with E-state index in [-0.39, 0.29) is 11.5 Å². The maximum Gasteiger partial charge on any atom is 0.143 e. The van der Waals surface area contributed by atoms with Crippen molar-refractivity contribution in [1.82, 2.24) is 0 Å². The maximum absolute atomic E-state index is 11.8. The Bertz CT molecular complexity index is 336. The highest BCUT2D eigenvalue weighted by atomic mass is 16.5. The van der Waals surface area contributed by atoms with Crippen LogP contribution in [-0.2, 0) is 9.53 Å². The van der Waals surface area contributed by atoms with Gasteiger partial charge in [-0.15, -0.1) is 0 Å². The smallest absolute Gasteiger partial charge is 0.143 e. The van der Waals surface area contributed by atoms with Gasteiger partial charge in [-0.1, -0.05) is 41.0 Å². The first kappa shape index (κ1) is 15.0. The first-order valence-corrected chi connectivity index (χ1v) is 8.07. The van der Waals surface area contributed by atoms with E-state index in [1.54, 1.807) is 0 Å². The van der Waals surface area contributed by atoms with Crippen molar-refractivity contribution in [1.29, 1.82) is 0 Å². The minimum Gasteiger partial charge on any atom is -0.373 e. The summed E-state index contributed by atoms with van der Waals surface area (Å²) < 4.78 is 6.43. The van der Waals surface area contributed by atoms with Crippen LogP contribution in [0.1, 0.15) is 66.7 Å². The lowest BCUT2D eigenvalue weighted by Gasteiger charge is -2.48. The lowest BCUT2D eigenvalue weighted by Crippen LogP contribution is -2.55. The molecule has 2 aliphatic carbocycles. The van der Waals surface area contributed by atoms with Crippen LogP contribution >= 0.6 is 0 Å². The third-order valence-electron chi connectivity index (χ3n) is 5.75. The highest BCUT2D eigenvalue weighted by Crippen LogP contribution is 2.45. The van der Waals surface area contributed by atoms with Gasteiger partial charge in [-0.05, 0) is 37.0 Å². The maximum atomic E-state index is 11.8. The van der Waals surface area contributed by atoms with Gasteiger partial charge in [0.2, 0.25) is 0 Å². The number of hydrogen-bond acceptors (Lipinski definition) is 2. The van der Waals surface area contributed by atoms with Crippen molar-refractivity contribution in [2.75, 3.05) is 0 Å². The van der Waals surface area contributed by atoms with Crippen molar-refractivity contribution >= 4 is 5.78 Å². The van der Waals surface area contributed by atoms with Crippen LogP contribution in [0, 0.1) is 23.2 Å². The summed E-state index contributed by atoms with van der Waals surface area (Å²) in [5, 5.41) is 0. The van der Waals surface area contributed by atoms with Crippen LogP contribution in [-0.4, -0.2) is 18.0 Å². The van der Waals surface area contributed by atoms with E-state index in [1.807, 2.05) is 0 Å². The number of ether oxygens (including phenoxy) is 1. The molecule has 2 rings (SSSR count). The number of carbonyl (C=O) groups is 1. The van der Waals surface area contributed by atoms with E-state index in [1.165, 1.54) is 19.3 Å². The molecule has 0 heterocycles. The lowest BCUT2D eigenvalue weighted by molar-refractivity contribution is -0.180. The molecule has 0 aromatic rings. The number of carbonyl (C=O) groups excluding carboxylic acids is 1. The van der Waals surface area contributed by atoms with Crippen molar-refractivity contribution in [2.24, 2.45) is 23.2 Å². The second-order valence-corrected chi connectivity index (χ2v) is 7.39. The van der Waals surface area contributed by atoms with Crippen LogP contribution < -0.4 is 0 Å². The molecule has 0 aliphatic heterocycles. The molecule has 2 fully saturated rings. The Labute approximate surface area is 118 Å². The van der Waals surface area contributed by atoms with E-state index >= 15 is 0 Å². The van der Waals surface area contributed by atoms with Gasteiger partial charge in [0.15, 0.2) is 0 Å². The van der Waals surface area contributed by atoms with E-state index < -0.39 is 0 Å². The van der Waals surface area contributed by atoms with Gasteiger partial charge in [-0.3, -0.25) is 4.79 Å². The van der Waals surface area contributed by atoms with Crippen molar-refractivity contribution in [2.45, 2.75) is 78.9 Å². The Morgan fingerprint density at radius 2 is 2.05 bits per heavy atom. The quantitative estimate of drug-likeness (QED) is 0.761. The molecule has 0 saturated heterocycles. The fourth-order valence-corrected chi connectivity index (χ4v) is 3.78. The molecule has 0 N–H and O–H groups in total. The SMILES string of the molecule is CCC1(C)C(=O)CC1OC1CC(C)CCC1C(C)C. The van der Waals surface area contributed by atoms with E-state index in [2.05, 4.69) is 34.6 Å². The molecule has 5 unspecified atom stereocenters. The average molecular weight is 266 g/mol. The van der Waals surface area contributed by atoms with Crippen LogP contribution in [0.2, 0.25) is 0 Å².